The average molecular weight is 254 g/mol. The predicted octanol–water partition coefficient (Wildman–Crippen LogP) is 1.52. The Balaban J connectivity index is 2.40. The molecule has 0 bridgehead atoms. The van der Waals surface area contributed by atoms with Gasteiger partial charge in [-0.2, -0.15) is 0 Å². The van der Waals surface area contributed by atoms with Crippen LogP contribution < -0.4 is 0 Å². The minimum atomic E-state index is -0.805. The topological polar surface area (TPSA) is 41.9 Å². The second-order valence-corrected chi connectivity index (χ2v) is 4.16. The van der Waals surface area contributed by atoms with E-state index >= 15 is 0 Å². The average Bonchev–Trinajstić information content (AvgIpc) is 2.76. The molecule has 0 aliphatic carbocycles. The Morgan fingerprint density at radius 3 is 2.56 bits per heavy atom. The molecule has 0 aromatic heterocycles. The Morgan fingerprint density at radius 2 is 2.00 bits per heavy atom. The van der Waals surface area contributed by atoms with Crippen LogP contribution in [0.3, 0.4) is 0 Å². The summed E-state index contributed by atoms with van der Waals surface area (Å²) in [6, 6.07) is 3.57. The smallest absolute Gasteiger partial charge is 0.271 e. The normalized spacial score (nSPS) is 18.2. The van der Waals surface area contributed by atoms with Crippen molar-refractivity contribution in [3.8, 4) is 0 Å². The maximum atomic E-state index is 13.7. The second-order valence-electron chi connectivity index (χ2n) is 4.16. The number of hydrogen-bond donors (Lipinski definition) is 0. The SMILES string of the molecule is CN(C)C(=O)C1=NOCC1c1c(F)cccc1F. The lowest BCUT2D eigenvalue weighted by atomic mass is 9.93. The third kappa shape index (κ3) is 2.05. The Labute approximate surface area is 103 Å². The van der Waals surface area contributed by atoms with Gasteiger partial charge in [0.25, 0.3) is 5.91 Å². The molecule has 0 radical (unpaired) electrons. The van der Waals surface area contributed by atoms with Crippen LogP contribution >= 0.6 is 0 Å². The van der Waals surface area contributed by atoms with E-state index in [-0.39, 0.29) is 17.9 Å². The van der Waals surface area contributed by atoms with Crippen LogP contribution in [-0.2, 0) is 9.63 Å². The van der Waals surface area contributed by atoms with Gasteiger partial charge in [0.1, 0.15) is 18.2 Å². The van der Waals surface area contributed by atoms with Crippen molar-refractivity contribution in [3.05, 3.63) is 35.4 Å². The Hall–Kier alpha value is -1.98. The molecule has 18 heavy (non-hydrogen) atoms. The van der Waals surface area contributed by atoms with Gasteiger partial charge in [-0.3, -0.25) is 4.79 Å². The van der Waals surface area contributed by atoms with Gasteiger partial charge in [0, 0.05) is 19.7 Å². The van der Waals surface area contributed by atoms with E-state index in [1.54, 1.807) is 0 Å². The summed E-state index contributed by atoms with van der Waals surface area (Å²) >= 11 is 0. The van der Waals surface area contributed by atoms with E-state index in [0.29, 0.717) is 0 Å². The molecule has 0 N–H and O–H groups in total. The van der Waals surface area contributed by atoms with Crippen LogP contribution in [-0.4, -0.2) is 37.2 Å². The quantitative estimate of drug-likeness (QED) is 0.803. The molecular formula is C12H12F2N2O2. The fraction of sp³-hybridized carbons (Fsp3) is 0.333. The van der Waals surface area contributed by atoms with Gasteiger partial charge in [0.05, 0.1) is 5.92 Å². The number of amides is 1. The van der Waals surface area contributed by atoms with Gasteiger partial charge in [0.2, 0.25) is 0 Å². The van der Waals surface area contributed by atoms with Crippen LogP contribution in [0.25, 0.3) is 0 Å². The van der Waals surface area contributed by atoms with Crippen LogP contribution in [0.15, 0.2) is 23.4 Å². The zero-order valence-corrected chi connectivity index (χ0v) is 9.98. The molecule has 4 nitrogen and oxygen atoms in total. The molecule has 6 heteroatoms. The van der Waals surface area contributed by atoms with Gasteiger partial charge in [0.15, 0.2) is 5.71 Å². The summed E-state index contributed by atoms with van der Waals surface area (Å²) < 4.78 is 27.3. The first-order valence-electron chi connectivity index (χ1n) is 5.37. The molecule has 1 aliphatic rings. The lowest BCUT2D eigenvalue weighted by Gasteiger charge is -2.15. The first-order valence-corrected chi connectivity index (χ1v) is 5.37. The van der Waals surface area contributed by atoms with Crippen LogP contribution in [0.4, 0.5) is 8.78 Å². The number of oxime groups is 1. The minimum Gasteiger partial charge on any atom is -0.394 e. The van der Waals surface area contributed by atoms with Crippen LogP contribution in [0, 0.1) is 11.6 Å². The van der Waals surface area contributed by atoms with Crippen molar-refractivity contribution in [2.75, 3.05) is 20.7 Å². The molecule has 0 saturated heterocycles. The monoisotopic (exact) mass is 254 g/mol. The molecule has 0 fully saturated rings. The molecule has 1 aromatic carbocycles. The van der Waals surface area contributed by atoms with Crippen molar-refractivity contribution in [2.24, 2.45) is 5.16 Å². The molecule has 1 unspecified atom stereocenters. The van der Waals surface area contributed by atoms with Crippen molar-refractivity contribution in [1.82, 2.24) is 4.90 Å². The van der Waals surface area contributed by atoms with Crippen LogP contribution in [0.5, 0.6) is 0 Å². The zero-order valence-electron chi connectivity index (χ0n) is 9.98. The number of hydrogen-bond acceptors (Lipinski definition) is 3. The van der Waals surface area contributed by atoms with Crippen molar-refractivity contribution in [1.29, 1.82) is 0 Å². The summed E-state index contributed by atoms with van der Waals surface area (Å²) in [7, 11) is 3.08. The van der Waals surface area contributed by atoms with Gasteiger partial charge < -0.3 is 9.74 Å². The molecule has 1 aliphatic heterocycles. The lowest BCUT2D eigenvalue weighted by Crippen LogP contribution is -2.33. The standard InChI is InChI=1S/C12H12F2N2O2/c1-16(2)12(17)11-7(6-18-15-11)10-8(13)4-3-5-9(10)14/h3-5,7H,6H2,1-2H3. The summed E-state index contributed by atoms with van der Waals surface area (Å²) in [5.41, 5.74) is -0.159. The first kappa shape index (κ1) is 12.5. The largest absolute Gasteiger partial charge is 0.394 e. The Bertz CT molecular complexity index is 495. The van der Waals surface area contributed by atoms with E-state index in [0.717, 1.165) is 12.1 Å². The number of rotatable bonds is 2. The van der Waals surface area contributed by atoms with Crippen molar-refractivity contribution in [2.45, 2.75) is 5.92 Å². The number of nitrogens with zero attached hydrogens (tertiary/aromatic N) is 2. The highest BCUT2D eigenvalue weighted by molar-refractivity contribution is 6.41. The van der Waals surface area contributed by atoms with E-state index in [9.17, 15) is 13.6 Å². The number of benzene rings is 1. The van der Waals surface area contributed by atoms with Gasteiger partial charge in [-0.25, -0.2) is 8.78 Å². The third-order valence-corrected chi connectivity index (χ3v) is 2.71. The van der Waals surface area contributed by atoms with Crippen molar-refractivity contribution in [3.63, 3.8) is 0 Å². The maximum absolute atomic E-state index is 13.7. The summed E-state index contributed by atoms with van der Waals surface area (Å²) in [6.45, 7) is -0.0350. The molecular weight excluding hydrogens is 242 g/mol. The van der Waals surface area contributed by atoms with E-state index in [4.69, 9.17) is 4.84 Å². The molecule has 2 rings (SSSR count). The van der Waals surface area contributed by atoms with E-state index in [2.05, 4.69) is 5.16 Å². The van der Waals surface area contributed by atoms with Crippen LogP contribution in [0.1, 0.15) is 11.5 Å². The number of halogens is 2. The predicted molar refractivity (Wildman–Crippen MR) is 61.2 cm³/mol. The summed E-state index contributed by atoms with van der Waals surface area (Å²) in [6.07, 6.45) is 0. The van der Waals surface area contributed by atoms with Crippen molar-refractivity contribution < 1.29 is 18.4 Å². The minimum absolute atomic E-state index is 0.0176. The fourth-order valence-corrected chi connectivity index (χ4v) is 1.80. The van der Waals surface area contributed by atoms with E-state index < -0.39 is 23.5 Å². The van der Waals surface area contributed by atoms with Gasteiger partial charge in [-0.05, 0) is 12.1 Å². The molecule has 1 atom stereocenters. The van der Waals surface area contributed by atoms with E-state index in [1.165, 1.54) is 25.1 Å². The highest BCUT2D eigenvalue weighted by Gasteiger charge is 2.35. The third-order valence-electron chi connectivity index (χ3n) is 2.71. The molecule has 1 aromatic rings. The number of carbonyl (C=O) groups excluding carboxylic acids is 1. The maximum Gasteiger partial charge on any atom is 0.271 e. The zero-order chi connectivity index (χ0) is 13.3. The van der Waals surface area contributed by atoms with Crippen LogP contribution in [0.2, 0.25) is 0 Å². The molecule has 1 amide bonds. The Morgan fingerprint density at radius 1 is 1.39 bits per heavy atom. The lowest BCUT2D eigenvalue weighted by molar-refractivity contribution is -0.121. The Kier molecular flexibility index (Phi) is 3.27. The first-order chi connectivity index (χ1) is 8.52. The molecule has 0 saturated carbocycles. The van der Waals surface area contributed by atoms with Crippen molar-refractivity contribution >= 4 is 11.6 Å². The molecule has 96 valence electrons. The second kappa shape index (κ2) is 4.72. The summed E-state index contributed by atoms with van der Waals surface area (Å²) in [5, 5.41) is 3.59. The summed E-state index contributed by atoms with van der Waals surface area (Å²) in [4.78, 5) is 17.9. The molecule has 0 spiro atoms. The summed E-state index contributed by atoms with van der Waals surface area (Å²) in [5.74, 6) is -2.63. The number of carbonyl (C=O) groups is 1. The van der Waals surface area contributed by atoms with Gasteiger partial charge in [-0.1, -0.05) is 11.2 Å². The van der Waals surface area contributed by atoms with E-state index in [1.807, 2.05) is 0 Å². The highest BCUT2D eigenvalue weighted by atomic mass is 19.1. The molecule has 1 heterocycles. The fourth-order valence-electron chi connectivity index (χ4n) is 1.80. The van der Waals surface area contributed by atoms with Gasteiger partial charge >= 0.3 is 0 Å². The highest BCUT2D eigenvalue weighted by Crippen LogP contribution is 2.28. The van der Waals surface area contributed by atoms with Gasteiger partial charge in [-0.15, -0.1) is 0 Å².